The summed E-state index contributed by atoms with van der Waals surface area (Å²) in [5.41, 5.74) is 1.63. The van der Waals surface area contributed by atoms with Crippen LogP contribution in [0.1, 0.15) is 20.3 Å². The van der Waals surface area contributed by atoms with Crippen molar-refractivity contribution in [1.29, 1.82) is 0 Å². The van der Waals surface area contributed by atoms with Gasteiger partial charge < -0.3 is 0 Å². The number of hydrogen-bond donors (Lipinski definition) is 0. The van der Waals surface area contributed by atoms with Gasteiger partial charge in [-0.1, -0.05) is 6.92 Å². The van der Waals surface area contributed by atoms with Crippen LogP contribution in [0.3, 0.4) is 0 Å². The highest BCUT2D eigenvalue weighted by atomic mass is 16.6. The van der Waals surface area contributed by atoms with Gasteiger partial charge in [0.25, 0.3) is 5.70 Å². The van der Waals surface area contributed by atoms with E-state index in [0.717, 1.165) is 12.0 Å². The highest BCUT2D eigenvalue weighted by molar-refractivity contribution is 5.98. The van der Waals surface area contributed by atoms with Crippen LogP contribution < -0.4 is 0 Å². The monoisotopic (exact) mass is 154 g/mol. The summed E-state index contributed by atoms with van der Waals surface area (Å²) in [7, 11) is 0. The summed E-state index contributed by atoms with van der Waals surface area (Å²) >= 11 is 0. The summed E-state index contributed by atoms with van der Waals surface area (Å²) in [5, 5.41) is 10.4. The maximum absolute atomic E-state index is 10.4. The van der Waals surface area contributed by atoms with Crippen molar-refractivity contribution in [2.75, 3.05) is 6.54 Å². The van der Waals surface area contributed by atoms with Crippen LogP contribution in [0.2, 0.25) is 0 Å². The molecule has 4 nitrogen and oxygen atoms in total. The second-order valence-electron chi connectivity index (χ2n) is 2.46. The van der Waals surface area contributed by atoms with Crippen molar-refractivity contribution < 1.29 is 4.92 Å². The summed E-state index contributed by atoms with van der Waals surface area (Å²) in [6, 6.07) is 0. The standard InChI is InChI=1S/C7H10N2O2/c1-3-6-4-8-5(2)7(6)9(10)11/h3-4H2,1-2H3. The van der Waals surface area contributed by atoms with Crippen LogP contribution in [0, 0.1) is 10.1 Å². The minimum atomic E-state index is -0.343. The van der Waals surface area contributed by atoms with Crippen LogP contribution >= 0.6 is 0 Å². The molecule has 0 bridgehead atoms. The average Bonchev–Trinajstić information content (AvgIpc) is 2.30. The van der Waals surface area contributed by atoms with Gasteiger partial charge >= 0.3 is 0 Å². The minimum absolute atomic E-state index is 0.229. The zero-order chi connectivity index (χ0) is 8.43. The van der Waals surface area contributed by atoms with Crippen LogP contribution in [0.15, 0.2) is 16.3 Å². The number of nitrogens with zero attached hydrogens (tertiary/aromatic N) is 2. The maximum Gasteiger partial charge on any atom is 0.290 e. The Kier molecular flexibility index (Phi) is 2.03. The molecule has 0 unspecified atom stereocenters. The molecule has 0 aliphatic carbocycles. The lowest BCUT2D eigenvalue weighted by Crippen LogP contribution is -2.06. The molecule has 0 spiro atoms. The SMILES string of the molecule is CCC1=C([N+](=O)[O-])C(C)=NC1. The van der Waals surface area contributed by atoms with Gasteiger partial charge in [0.05, 0.1) is 11.5 Å². The Bertz CT molecular complexity index is 253. The Hall–Kier alpha value is -1.19. The van der Waals surface area contributed by atoms with E-state index in [2.05, 4.69) is 4.99 Å². The van der Waals surface area contributed by atoms with Gasteiger partial charge in [0.2, 0.25) is 0 Å². The first-order chi connectivity index (χ1) is 5.16. The zero-order valence-electron chi connectivity index (χ0n) is 6.63. The average molecular weight is 154 g/mol. The Morgan fingerprint density at radius 1 is 1.73 bits per heavy atom. The molecule has 0 atom stereocenters. The van der Waals surface area contributed by atoms with E-state index in [9.17, 15) is 10.1 Å². The van der Waals surface area contributed by atoms with Crippen molar-refractivity contribution in [1.82, 2.24) is 0 Å². The molecule has 0 saturated carbocycles. The van der Waals surface area contributed by atoms with E-state index in [1.165, 1.54) is 0 Å². The van der Waals surface area contributed by atoms with Crippen molar-refractivity contribution in [2.45, 2.75) is 20.3 Å². The molecular formula is C7H10N2O2. The molecule has 11 heavy (non-hydrogen) atoms. The van der Waals surface area contributed by atoms with Gasteiger partial charge in [0.15, 0.2) is 0 Å². The number of aliphatic imine (C=N–C) groups is 1. The van der Waals surface area contributed by atoms with Gasteiger partial charge in [-0.05, 0) is 13.3 Å². The number of hydrogen-bond acceptors (Lipinski definition) is 3. The summed E-state index contributed by atoms with van der Waals surface area (Å²) in [6.45, 7) is 4.10. The van der Waals surface area contributed by atoms with Gasteiger partial charge in [0, 0.05) is 5.57 Å². The predicted molar refractivity (Wildman–Crippen MR) is 42.3 cm³/mol. The van der Waals surface area contributed by atoms with E-state index in [0.29, 0.717) is 12.3 Å². The minimum Gasteiger partial charge on any atom is -0.278 e. The fourth-order valence-electron chi connectivity index (χ4n) is 1.16. The summed E-state index contributed by atoms with van der Waals surface area (Å²) < 4.78 is 0. The van der Waals surface area contributed by atoms with Gasteiger partial charge in [-0.2, -0.15) is 0 Å². The number of nitro groups is 1. The Labute approximate surface area is 64.8 Å². The van der Waals surface area contributed by atoms with Crippen molar-refractivity contribution in [3.05, 3.63) is 21.4 Å². The van der Waals surface area contributed by atoms with Crippen molar-refractivity contribution in [3.63, 3.8) is 0 Å². The predicted octanol–water partition coefficient (Wildman–Crippen LogP) is 1.40. The molecule has 0 saturated heterocycles. The molecule has 0 N–H and O–H groups in total. The highest BCUT2D eigenvalue weighted by Gasteiger charge is 2.24. The molecule has 60 valence electrons. The van der Waals surface area contributed by atoms with Crippen LogP contribution in [0.25, 0.3) is 0 Å². The fraction of sp³-hybridized carbons (Fsp3) is 0.571. The first kappa shape index (κ1) is 7.91. The van der Waals surface area contributed by atoms with Crippen molar-refractivity contribution in [3.8, 4) is 0 Å². The summed E-state index contributed by atoms with van der Waals surface area (Å²) in [6.07, 6.45) is 0.719. The van der Waals surface area contributed by atoms with E-state index >= 15 is 0 Å². The molecule has 4 heteroatoms. The molecule has 0 fully saturated rings. The molecule has 0 amide bonds. The summed E-state index contributed by atoms with van der Waals surface area (Å²) in [4.78, 5) is 14.1. The van der Waals surface area contributed by atoms with Gasteiger partial charge in [-0.25, -0.2) is 0 Å². The quantitative estimate of drug-likeness (QED) is 0.446. The topological polar surface area (TPSA) is 55.5 Å². The van der Waals surface area contributed by atoms with Crippen molar-refractivity contribution >= 4 is 5.71 Å². The number of rotatable bonds is 2. The lowest BCUT2D eigenvalue weighted by Gasteiger charge is -1.94. The second kappa shape index (κ2) is 2.82. The third-order valence-electron chi connectivity index (χ3n) is 1.79. The van der Waals surface area contributed by atoms with Gasteiger partial charge in [-0.15, -0.1) is 0 Å². The normalized spacial score (nSPS) is 17.1. The van der Waals surface area contributed by atoms with E-state index < -0.39 is 0 Å². The van der Waals surface area contributed by atoms with Crippen molar-refractivity contribution in [2.24, 2.45) is 4.99 Å². The van der Waals surface area contributed by atoms with E-state index in [4.69, 9.17) is 0 Å². The first-order valence-corrected chi connectivity index (χ1v) is 3.54. The van der Waals surface area contributed by atoms with E-state index in [-0.39, 0.29) is 10.6 Å². The zero-order valence-corrected chi connectivity index (χ0v) is 6.63. The molecule has 1 heterocycles. The third kappa shape index (κ3) is 1.29. The fourth-order valence-corrected chi connectivity index (χ4v) is 1.16. The molecule has 1 rings (SSSR count). The lowest BCUT2D eigenvalue weighted by atomic mass is 10.1. The van der Waals surface area contributed by atoms with Gasteiger partial charge in [0.1, 0.15) is 5.71 Å². The van der Waals surface area contributed by atoms with E-state index in [1.807, 2.05) is 6.92 Å². The molecule has 0 radical (unpaired) electrons. The largest absolute Gasteiger partial charge is 0.290 e. The molecule has 0 aromatic carbocycles. The van der Waals surface area contributed by atoms with Gasteiger partial charge in [-0.3, -0.25) is 15.1 Å². The molecule has 0 aromatic heterocycles. The summed E-state index contributed by atoms with van der Waals surface area (Å²) in [5.74, 6) is 0. The smallest absolute Gasteiger partial charge is 0.278 e. The Balaban J connectivity index is 2.99. The Morgan fingerprint density at radius 2 is 2.36 bits per heavy atom. The van der Waals surface area contributed by atoms with Crippen LogP contribution in [-0.2, 0) is 0 Å². The highest BCUT2D eigenvalue weighted by Crippen LogP contribution is 2.17. The second-order valence-corrected chi connectivity index (χ2v) is 2.46. The number of allylic oxidation sites excluding steroid dienone is 1. The third-order valence-corrected chi connectivity index (χ3v) is 1.79. The van der Waals surface area contributed by atoms with E-state index in [1.54, 1.807) is 6.92 Å². The molecule has 0 aromatic rings. The maximum atomic E-state index is 10.4. The molecular weight excluding hydrogens is 144 g/mol. The molecule has 1 aliphatic heterocycles. The first-order valence-electron chi connectivity index (χ1n) is 3.54. The lowest BCUT2D eigenvalue weighted by molar-refractivity contribution is -0.415. The van der Waals surface area contributed by atoms with Crippen LogP contribution in [0.5, 0.6) is 0 Å². The molecule has 1 aliphatic rings. The van der Waals surface area contributed by atoms with Crippen LogP contribution in [-0.4, -0.2) is 17.2 Å². The Morgan fingerprint density at radius 3 is 2.73 bits per heavy atom. The van der Waals surface area contributed by atoms with Crippen LogP contribution in [0.4, 0.5) is 0 Å².